The van der Waals surface area contributed by atoms with Gasteiger partial charge < -0.3 is 11.1 Å². The molecule has 0 bridgehead atoms. The number of halogens is 1. The van der Waals surface area contributed by atoms with E-state index in [1.165, 1.54) is 16.9 Å². The first-order chi connectivity index (χ1) is 8.50. The van der Waals surface area contributed by atoms with Crippen molar-refractivity contribution in [2.24, 2.45) is 7.05 Å². The number of aromatic nitrogens is 2. The Hall–Kier alpha value is -2.37. The number of carbonyl (C=O) groups is 1. The molecule has 1 heterocycles. The molecule has 0 saturated carbocycles. The van der Waals surface area contributed by atoms with Crippen molar-refractivity contribution < 1.29 is 9.18 Å². The average molecular weight is 248 g/mol. The highest BCUT2D eigenvalue weighted by atomic mass is 19.1. The van der Waals surface area contributed by atoms with Crippen LogP contribution >= 0.6 is 0 Å². The molecule has 1 aromatic heterocycles. The van der Waals surface area contributed by atoms with Crippen LogP contribution in [0.5, 0.6) is 0 Å². The van der Waals surface area contributed by atoms with Gasteiger partial charge in [0.05, 0.1) is 17.6 Å². The first-order valence-electron chi connectivity index (χ1n) is 5.34. The number of hydrogen-bond donors (Lipinski definition) is 2. The van der Waals surface area contributed by atoms with Crippen LogP contribution in [0.25, 0.3) is 0 Å². The fourth-order valence-electron chi connectivity index (χ4n) is 1.70. The van der Waals surface area contributed by atoms with E-state index in [1.807, 2.05) is 0 Å². The summed E-state index contributed by atoms with van der Waals surface area (Å²) in [7, 11) is 1.60. The third-order valence-corrected chi connectivity index (χ3v) is 2.64. The molecule has 2 aromatic rings. The van der Waals surface area contributed by atoms with Gasteiger partial charge in [0.25, 0.3) is 5.91 Å². The number of aryl methyl sites for hydroxylation is 2. The second-order valence-electron chi connectivity index (χ2n) is 3.96. The van der Waals surface area contributed by atoms with E-state index in [0.717, 1.165) is 0 Å². The predicted octanol–water partition coefficient (Wildman–Crippen LogP) is 1.70. The smallest absolute Gasteiger partial charge is 0.276 e. The molecule has 18 heavy (non-hydrogen) atoms. The zero-order valence-corrected chi connectivity index (χ0v) is 10.1. The highest BCUT2D eigenvalue weighted by Crippen LogP contribution is 2.20. The van der Waals surface area contributed by atoms with E-state index in [9.17, 15) is 9.18 Å². The van der Waals surface area contributed by atoms with Gasteiger partial charge in [-0.05, 0) is 18.6 Å². The zero-order valence-electron chi connectivity index (χ0n) is 10.1. The minimum absolute atomic E-state index is 0.156. The van der Waals surface area contributed by atoms with Crippen molar-refractivity contribution in [1.29, 1.82) is 0 Å². The summed E-state index contributed by atoms with van der Waals surface area (Å²) in [6, 6.07) is 4.58. The van der Waals surface area contributed by atoms with E-state index in [1.54, 1.807) is 26.1 Å². The molecule has 6 heteroatoms. The molecule has 2 rings (SSSR count). The fourth-order valence-corrected chi connectivity index (χ4v) is 1.70. The van der Waals surface area contributed by atoms with E-state index in [4.69, 9.17) is 5.73 Å². The van der Waals surface area contributed by atoms with Crippen LogP contribution in [0.4, 0.5) is 15.8 Å². The van der Waals surface area contributed by atoms with Crippen LogP contribution in [0.3, 0.4) is 0 Å². The Morgan fingerprint density at radius 1 is 1.50 bits per heavy atom. The minimum Gasteiger partial charge on any atom is -0.396 e. The zero-order chi connectivity index (χ0) is 13.3. The van der Waals surface area contributed by atoms with Gasteiger partial charge in [0.1, 0.15) is 11.5 Å². The molecule has 0 radical (unpaired) electrons. The number of carbonyl (C=O) groups excluding carboxylic acids is 1. The number of anilines is 2. The van der Waals surface area contributed by atoms with Crippen LogP contribution in [0.15, 0.2) is 24.4 Å². The van der Waals surface area contributed by atoms with Crippen molar-refractivity contribution in [3.8, 4) is 0 Å². The first-order valence-corrected chi connectivity index (χ1v) is 5.34. The van der Waals surface area contributed by atoms with Crippen LogP contribution in [-0.2, 0) is 7.05 Å². The van der Waals surface area contributed by atoms with E-state index >= 15 is 0 Å². The third kappa shape index (κ3) is 2.04. The summed E-state index contributed by atoms with van der Waals surface area (Å²) in [6.45, 7) is 1.71. The third-order valence-electron chi connectivity index (χ3n) is 2.64. The Bertz CT molecular complexity index is 566. The second kappa shape index (κ2) is 4.48. The highest BCUT2D eigenvalue weighted by molar-refractivity contribution is 6.06. The van der Waals surface area contributed by atoms with Gasteiger partial charge in [-0.15, -0.1) is 0 Å². The van der Waals surface area contributed by atoms with Gasteiger partial charge in [-0.3, -0.25) is 9.48 Å². The largest absolute Gasteiger partial charge is 0.396 e. The summed E-state index contributed by atoms with van der Waals surface area (Å²) >= 11 is 0. The molecule has 3 N–H and O–H groups in total. The number of amides is 1. The van der Waals surface area contributed by atoms with E-state index in [2.05, 4.69) is 10.4 Å². The van der Waals surface area contributed by atoms with Crippen molar-refractivity contribution in [3.05, 3.63) is 41.5 Å². The monoisotopic (exact) mass is 248 g/mol. The molecule has 0 fully saturated rings. The van der Waals surface area contributed by atoms with Gasteiger partial charge >= 0.3 is 0 Å². The second-order valence-corrected chi connectivity index (χ2v) is 3.96. The highest BCUT2D eigenvalue weighted by Gasteiger charge is 2.17. The maximum Gasteiger partial charge on any atom is 0.276 e. The topological polar surface area (TPSA) is 72.9 Å². The van der Waals surface area contributed by atoms with Crippen molar-refractivity contribution in [2.75, 3.05) is 11.1 Å². The molecule has 0 unspecified atom stereocenters. The Kier molecular flexibility index (Phi) is 3.01. The van der Waals surface area contributed by atoms with Crippen LogP contribution in [-0.4, -0.2) is 15.7 Å². The number of hydrogen-bond acceptors (Lipinski definition) is 3. The molecule has 1 amide bonds. The summed E-state index contributed by atoms with van der Waals surface area (Å²) in [5.74, 6) is -0.968. The number of nitrogen functional groups attached to an aromatic ring is 1. The maximum atomic E-state index is 13.6. The number of nitrogens with one attached hydrogen (secondary N) is 1. The first kappa shape index (κ1) is 12.1. The molecule has 0 saturated heterocycles. The van der Waals surface area contributed by atoms with E-state index in [-0.39, 0.29) is 17.1 Å². The summed E-state index contributed by atoms with van der Waals surface area (Å²) in [6.07, 6.45) is 1.38. The SMILES string of the molecule is Cc1cccc(F)c1NC(=O)c1c(N)cnn1C. The molecule has 5 nitrogen and oxygen atoms in total. The van der Waals surface area contributed by atoms with Gasteiger partial charge in [-0.1, -0.05) is 12.1 Å². The lowest BCUT2D eigenvalue weighted by Gasteiger charge is -2.09. The number of benzene rings is 1. The summed E-state index contributed by atoms with van der Waals surface area (Å²) < 4.78 is 14.9. The van der Waals surface area contributed by atoms with Crippen molar-refractivity contribution in [2.45, 2.75) is 6.92 Å². The number of nitrogens with zero attached hydrogens (tertiary/aromatic N) is 2. The Morgan fingerprint density at radius 3 is 2.78 bits per heavy atom. The van der Waals surface area contributed by atoms with Crippen molar-refractivity contribution in [1.82, 2.24) is 9.78 Å². The summed E-state index contributed by atoms with van der Waals surface area (Å²) in [5, 5.41) is 6.37. The molecule has 94 valence electrons. The van der Waals surface area contributed by atoms with Crippen LogP contribution in [0.2, 0.25) is 0 Å². The van der Waals surface area contributed by atoms with Gasteiger partial charge in [-0.25, -0.2) is 4.39 Å². The molecular formula is C12H13FN4O. The fraction of sp³-hybridized carbons (Fsp3) is 0.167. The number of para-hydroxylation sites is 1. The predicted molar refractivity (Wildman–Crippen MR) is 66.7 cm³/mol. The summed E-state index contributed by atoms with van der Waals surface area (Å²) in [5.41, 5.74) is 6.89. The van der Waals surface area contributed by atoms with Crippen molar-refractivity contribution >= 4 is 17.3 Å². The molecule has 0 aliphatic rings. The lowest BCUT2D eigenvalue weighted by Crippen LogP contribution is -2.19. The molecule has 0 aliphatic heterocycles. The lowest BCUT2D eigenvalue weighted by atomic mass is 10.2. The normalized spacial score (nSPS) is 10.4. The Labute approximate surface area is 103 Å². The van der Waals surface area contributed by atoms with Crippen LogP contribution in [0.1, 0.15) is 16.1 Å². The van der Waals surface area contributed by atoms with Crippen LogP contribution < -0.4 is 11.1 Å². The summed E-state index contributed by atoms with van der Waals surface area (Å²) in [4.78, 5) is 12.0. The number of rotatable bonds is 2. The minimum atomic E-state index is -0.485. The molecular weight excluding hydrogens is 235 g/mol. The average Bonchev–Trinajstić information content (AvgIpc) is 2.64. The maximum absolute atomic E-state index is 13.6. The lowest BCUT2D eigenvalue weighted by molar-refractivity contribution is 0.101. The Morgan fingerprint density at radius 2 is 2.22 bits per heavy atom. The van der Waals surface area contributed by atoms with Crippen LogP contribution in [0, 0.1) is 12.7 Å². The number of nitrogens with two attached hydrogens (primary N) is 1. The quantitative estimate of drug-likeness (QED) is 0.849. The van der Waals surface area contributed by atoms with E-state index in [0.29, 0.717) is 5.56 Å². The van der Waals surface area contributed by atoms with Crippen molar-refractivity contribution in [3.63, 3.8) is 0 Å². The standard InChI is InChI=1S/C12H13FN4O/c1-7-4-3-5-8(13)10(7)16-12(18)11-9(14)6-15-17(11)2/h3-6H,14H2,1-2H3,(H,16,18). The van der Waals surface area contributed by atoms with Gasteiger partial charge in [0.15, 0.2) is 0 Å². The molecule has 0 spiro atoms. The molecule has 1 aromatic carbocycles. The Balaban J connectivity index is 2.33. The van der Waals surface area contributed by atoms with Gasteiger partial charge in [0, 0.05) is 7.05 Å². The van der Waals surface area contributed by atoms with Gasteiger partial charge in [-0.2, -0.15) is 5.10 Å². The molecule has 0 aliphatic carbocycles. The molecule has 0 atom stereocenters. The van der Waals surface area contributed by atoms with Gasteiger partial charge in [0.2, 0.25) is 0 Å². The van der Waals surface area contributed by atoms with E-state index < -0.39 is 11.7 Å².